The van der Waals surface area contributed by atoms with Crippen LogP contribution < -0.4 is 10.1 Å². The summed E-state index contributed by atoms with van der Waals surface area (Å²) < 4.78 is 5.21. The molecule has 7 nitrogen and oxygen atoms in total. The Morgan fingerprint density at radius 1 is 1.23 bits per heavy atom. The van der Waals surface area contributed by atoms with E-state index in [0.29, 0.717) is 11.3 Å². The summed E-state index contributed by atoms with van der Waals surface area (Å²) in [6.07, 6.45) is -0.275. The van der Waals surface area contributed by atoms with Crippen LogP contribution in [0.3, 0.4) is 0 Å². The molecular formula is C19H25N3O4. The molecule has 0 spiro atoms. The second kappa shape index (κ2) is 7.19. The van der Waals surface area contributed by atoms with Crippen molar-refractivity contribution in [1.82, 2.24) is 15.5 Å². The van der Waals surface area contributed by atoms with E-state index in [9.17, 15) is 14.7 Å². The van der Waals surface area contributed by atoms with Crippen molar-refractivity contribution in [2.45, 2.75) is 45.1 Å². The molecule has 0 radical (unpaired) electrons. The van der Waals surface area contributed by atoms with Crippen LogP contribution in [-0.2, 0) is 15.7 Å². The van der Waals surface area contributed by atoms with Crippen molar-refractivity contribution in [3.8, 4) is 5.75 Å². The van der Waals surface area contributed by atoms with Crippen LogP contribution in [0.1, 0.15) is 55.9 Å². The molecular weight excluding hydrogens is 334 g/mol. The number of hydrogen-bond acceptors (Lipinski definition) is 4. The molecule has 7 heteroatoms. The molecule has 1 amide bonds. The molecule has 0 saturated heterocycles. The lowest BCUT2D eigenvalue weighted by atomic mass is 9.88. The van der Waals surface area contributed by atoms with Gasteiger partial charge in [0, 0.05) is 11.1 Å². The van der Waals surface area contributed by atoms with E-state index in [4.69, 9.17) is 4.74 Å². The first-order valence-electron chi connectivity index (χ1n) is 8.30. The fourth-order valence-electron chi connectivity index (χ4n) is 2.62. The van der Waals surface area contributed by atoms with E-state index < -0.39 is 17.4 Å². The van der Waals surface area contributed by atoms with Crippen molar-refractivity contribution in [3.05, 3.63) is 47.3 Å². The van der Waals surface area contributed by atoms with Crippen molar-refractivity contribution >= 4 is 11.9 Å². The van der Waals surface area contributed by atoms with Gasteiger partial charge in [0.2, 0.25) is 0 Å². The lowest BCUT2D eigenvalue weighted by Crippen LogP contribution is -2.45. The van der Waals surface area contributed by atoms with Gasteiger partial charge in [0.15, 0.2) is 0 Å². The van der Waals surface area contributed by atoms with Crippen LogP contribution in [0.4, 0.5) is 0 Å². The number of carbonyl (C=O) groups excluding carboxylic acids is 1. The minimum absolute atomic E-state index is 0.178. The fraction of sp³-hybridized carbons (Fsp3) is 0.421. The summed E-state index contributed by atoms with van der Waals surface area (Å²) in [7, 11) is 1.53. The van der Waals surface area contributed by atoms with E-state index in [1.165, 1.54) is 7.11 Å². The van der Waals surface area contributed by atoms with Gasteiger partial charge >= 0.3 is 5.97 Å². The maximum atomic E-state index is 12.7. The number of aromatic nitrogens is 2. The number of amides is 1. The average Bonchev–Trinajstić information content (AvgIpc) is 3.04. The molecule has 2 rings (SSSR count). The van der Waals surface area contributed by atoms with Crippen molar-refractivity contribution in [2.24, 2.45) is 0 Å². The zero-order valence-corrected chi connectivity index (χ0v) is 15.7. The molecule has 0 bridgehead atoms. The number of hydrogen-bond donors (Lipinski definition) is 3. The third-order valence-corrected chi connectivity index (χ3v) is 4.22. The molecule has 140 valence electrons. The van der Waals surface area contributed by atoms with Crippen LogP contribution >= 0.6 is 0 Å². The lowest BCUT2D eigenvalue weighted by Gasteiger charge is -2.30. The summed E-state index contributed by atoms with van der Waals surface area (Å²) in [5.74, 6) is -0.875. The first kappa shape index (κ1) is 19.5. The first-order valence-corrected chi connectivity index (χ1v) is 8.30. The van der Waals surface area contributed by atoms with Gasteiger partial charge in [-0.15, -0.1) is 0 Å². The molecule has 3 N–H and O–H groups in total. The number of carboxylic acids is 1. The Balaban J connectivity index is 2.33. The van der Waals surface area contributed by atoms with Crippen molar-refractivity contribution < 1.29 is 19.4 Å². The van der Waals surface area contributed by atoms with E-state index >= 15 is 0 Å². The second-order valence-electron chi connectivity index (χ2n) is 7.51. The van der Waals surface area contributed by atoms with Crippen molar-refractivity contribution in [3.63, 3.8) is 0 Å². The Morgan fingerprint density at radius 3 is 2.46 bits per heavy atom. The van der Waals surface area contributed by atoms with Crippen LogP contribution in [0, 0.1) is 0 Å². The Morgan fingerprint density at radius 2 is 1.92 bits per heavy atom. The third kappa shape index (κ3) is 4.41. The summed E-state index contributed by atoms with van der Waals surface area (Å²) in [5, 5.41) is 19.1. The van der Waals surface area contributed by atoms with Gasteiger partial charge in [0.25, 0.3) is 5.91 Å². The molecule has 0 aliphatic carbocycles. The Hall–Kier alpha value is -2.83. The van der Waals surface area contributed by atoms with Gasteiger partial charge in [-0.05, 0) is 30.7 Å². The van der Waals surface area contributed by atoms with Gasteiger partial charge in [-0.3, -0.25) is 14.7 Å². The Labute approximate surface area is 152 Å². The summed E-state index contributed by atoms with van der Waals surface area (Å²) in [6, 6.07) is 8.68. The number of methoxy groups -OCH3 is 1. The van der Waals surface area contributed by atoms with Crippen molar-refractivity contribution in [2.75, 3.05) is 7.11 Å². The molecule has 0 aliphatic heterocycles. The zero-order chi connectivity index (χ0) is 19.5. The van der Waals surface area contributed by atoms with Gasteiger partial charge in [-0.2, -0.15) is 5.10 Å². The highest BCUT2D eigenvalue weighted by Crippen LogP contribution is 2.28. The molecule has 26 heavy (non-hydrogen) atoms. The molecule has 1 heterocycles. The standard InChI is InChI=1S/C19H25N3O4/c1-18(2,3)15-10-14(21-22-15)17(25)20-19(4,11-16(23)24)12-7-6-8-13(9-12)26-5/h6-10H,11H2,1-5H3,(H,20,25)(H,21,22)(H,23,24). The second-order valence-corrected chi connectivity index (χ2v) is 7.51. The van der Waals surface area contributed by atoms with E-state index in [0.717, 1.165) is 5.69 Å². The number of carboxylic acid groups (broad SMARTS) is 1. The van der Waals surface area contributed by atoms with Crippen LogP contribution in [0.25, 0.3) is 0 Å². The predicted octanol–water partition coefficient (Wildman–Crippen LogP) is 2.84. The molecule has 1 unspecified atom stereocenters. The van der Waals surface area contributed by atoms with Gasteiger partial charge < -0.3 is 15.2 Å². The Bertz CT molecular complexity index is 807. The van der Waals surface area contributed by atoms with Gasteiger partial charge in [-0.1, -0.05) is 32.9 Å². The summed E-state index contributed by atoms with van der Waals surface area (Å²) >= 11 is 0. The molecule has 0 fully saturated rings. The number of benzene rings is 1. The van der Waals surface area contributed by atoms with E-state index in [-0.39, 0.29) is 17.5 Å². The van der Waals surface area contributed by atoms with Crippen LogP contribution in [0.5, 0.6) is 5.75 Å². The van der Waals surface area contributed by atoms with E-state index in [1.807, 2.05) is 20.8 Å². The quantitative estimate of drug-likeness (QED) is 0.736. The highest BCUT2D eigenvalue weighted by atomic mass is 16.5. The summed E-state index contributed by atoms with van der Waals surface area (Å²) in [6.45, 7) is 7.69. The fourth-order valence-corrected chi connectivity index (χ4v) is 2.62. The molecule has 2 aromatic rings. The maximum Gasteiger partial charge on any atom is 0.306 e. The number of aromatic amines is 1. The highest BCUT2D eigenvalue weighted by molar-refractivity contribution is 5.93. The number of rotatable bonds is 6. The SMILES string of the molecule is COc1cccc(C(C)(CC(=O)O)NC(=O)c2cc(C(C)(C)C)[nH]n2)c1. The smallest absolute Gasteiger partial charge is 0.306 e. The normalized spacial score (nSPS) is 13.7. The summed E-state index contributed by atoms with van der Waals surface area (Å²) in [4.78, 5) is 24.1. The summed E-state index contributed by atoms with van der Waals surface area (Å²) in [5.41, 5.74) is 0.388. The number of ether oxygens (including phenoxy) is 1. The Kier molecular flexibility index (Phi) is 5.39. The minimum Gasteiger partial charge on any atom is -0.497 e. The van der Waals surface area contributed by atoms with E-state index in [2.05, 4.69) is 15.5 Å². The third-order valence-electron chi connectivity index (χ3n) is 4.22. The molecule has 1 aromatic carbocycles. The topological polar surface area (TPSA) is 104 Å². The zero-order valence-electron chi connectivity index (χ0n) is 15.7. The molecule has 1 atom stereocenters. The van der Waals surface area contributed by atoms with Crippen LogP contribution in [0.15, 0.2) is 30.3 Å². The molecule has 0 aliphatic rings. The largest absolute Gasteiger partial charge is 0.497 e. The monoisotopic (exact) mass is 359 g/mol. The van der Waals surface area contributed by atoms with Crippen LogP contribution in [-0.4, -0.2) is 34.3 Å². The maximum absolute atomic E-state index is 12.7. The predicted molar refractivity (Wildman–Crippen MR) is 97.4 cm³/mol. The minimum atomic E-state index is -1.11. The number of aliphatic carboxylic acids is 1. The number of carbonyl (C=O) groups is 2. The van der Waals surface area contributed by atoms with Crippen molar-refractivity contribution in [1.29, 1.82) is 0 Å². The van der Waals surface area contributed by atoms with Gasteiger partial charge in [-0.25, -0.2) is 0 Å². The number of nitrogens with zero attached hydrogens (tertiary/aromatic N) is 1. The molecule has 1 aromatic heterocycles. The van der Waals surface area contributed by atoms with E-state index in [1.54, 1.807) is 37.3 Å². The van der Waals surface area contributed by atoms with Gasteiger partial charge in [0.05, 0.1) is 19.1 Å². The highest BCUT2D eigenvalue weighted by Gasteiger charge is 2.33. The van der Waals surface area contributed by atoms with Gasteiger partial charge in [0.1, 0.15) is 11.4 Å². The number of H-pyrrole nitrogens is 1. The molecule has 0 saturated carbocycles. The first-order chi connectivity index (χ1) is 12.0. The average molecular weight is 359 g/mol. The number of nitrogens with one attached hydrogen (secondary N) is 2. The lowest BCUT2D eigenvalue weighted by molar-refractivity contribution is -0.138. The van der Waals surface area contributed by atoms with Crippen LogP contribution in [0.2, 0.25) is 0 Å².